The van der Waals surface area contributed by atoms with Crippen LogP contribution in [0.3, 0.4) is 0 Å². The minimum atomic E-state index is -0.533. The molecule has 1 amide bonds. The predicted octanol–water partition coefficient (Wildman–Crippen LogP) is 6.59. The van der Waals surface area contributed by atoms with E-state index in [1.165, 1.54) is 0 Å². The molecule has 1 aromatic rings. The molecule has 0 radical (unpaired) electrons. The zero-order valence-corrected chi connectivity index (χ0v) is 21.8. The van der Waals surface area contributed by atoms with Gasteiger partial charge in [0.25, 0.3) is 0 Å². The second-order valence-electron chi connectivity index (χ2n) is 10.2. The lowest BCUT2D eigenvalue weighted by Crippen LogP contribution is -2.32. The number of anilines is 1. The van der Waals surface area contributed by atoms with Gasteiger partial charge in [-0.15, -0.1) is 11.8 Å². The van der Waals surface area contributed by atoms with Gasteiger partial charge in [0.1, 0.15) is 11.4 Å². The molecule has 0 unspecified atom stereocenters. The average molecular weight is 462 g/mol. The highest BCUT2D eigenvalue weighted by Gasteiger charge is 2.23. The number of carbonyl (C=O) groups is 1. The quantitative estimate of drug-likeness (QED) is 0.265. The van der Waals surface area contributed by atoms with E-state index in [0.29, 0.717) is 25.5 Å². The molecule has 1 N–H and O–H groups in total. The largest absolute Gasteiger partial charge is 0.493 e. The molecule has 33 heavy (non-hydrogen) atoms. The Morgan fingerprint density at radius 2 is 1.45 bits per heavy atom. The summed E-state index contributed by atoms with van der Waals surface area (Å²) in [6.45, 7) is 17.5. The zero-order valence-electron chi connectivity index (χ0n) is 21.8. The summed E-state index contributed by atoms with van der Waals surface area (Å²) in [7, 11) is 0. The Morgan fingerprint density at radius 1 is 0.879 bits per heavy atom. The third kappa shape index (κ3) is 14.5. The number of benzene rings is 1. The van der Waals surface area contributed by atoms with Crippen LogP contribution in [0.25, 0.3) is 0 Å². The van der Waals surface area contributed by atoms with Crippen LogP contribution in [0.15, 0.2) is 24.3 Å². The Balaban J connectivity index is 2.31. The maximum atomic E-state index is 11.8. The Morgan fingerprint density at radius 3 is 2.03 bits per heavy atom. The fourth-order valence-electron chi connectivity index (χ4n) is 2.82. The second kappa shape index (κ2) is 13.5. The van der Waals surface area contributed by atoms with E-state index in [-0.39, 0.29) is 11.2 Å². The first kappa shape index (κ1) is 28.8. The van der Waals surface area contributed by atoms with Crippen molar-refractivity contribution in [2.75, 3.05) is 25.1 Å². The molecule has 6 nitrogen and oxygen atoms in total. The first-order chi connectivity index (χ1) is 15.3. The van der Waals surface area contributed by atoms with Crippen molar-refractivity contribution in [1.29, 1.82) is 0 Å². The van der Waals surface area contributed by atoms with Gasteiger partial charge in [0, 0.05) is 25.1 Å². The monoisotopic (exact) mass is 461 g/mol. The molecule has 0 fully saturated rings. The Labute approximate surface area is 200 Å². The molecular formula is C27H43NO5. The van der Waals surface area contributed by atoms with E-state index in [9.17, 15) is 4.79 Å². The van der Waals surface area contributed by atoms with Gasteiger partial charge >= 0.3 is 6.09 Å². The molecule has 0 spiro atoms. The number of carbonyl (C=O) groups excluding carboxylic acids is 1. The van der Waals surface area contributed by atoms with Crippen molar-refractivity contribution in [1.82, 2.24) is 0 Å². The molecule has 1 aromatic carbocycles. The maximum Gasteiger partial charge on any atom is 0.412 e. The lowest BCUT2D eigenvalue weighted by atomic mass is 10.0. The van der Waals surface area contributed by atoms with Crippen LogP contribution in [0.2, 0.25) is 0 Å². The van der Waals surface area contributed by atoms with Crippen molar-refractivity contribution in [3.63, 3.8) is 0 Å². The molecule has 0 aliphatic rings. The standard InChI is InChI=1S/C27H43NO5/c1-9-10-11-12-19-31-27(7,8)18-21-32-26(5,6)17-20-30-23-15-13-22(14-16-23)28-24(29)33-25(2,3)4/h13-16H,11-12,17-21H2,1-8H3,(H,28,29). The molecule has 0 aromatic heterocycles. The Kier molecular flexibility index (Phi) is 11.8. The summed E-state index contributed by atoms with van der Waals surface area (Å²) >= 11 is 0. The highest BCUT2D eigenvalue weighted by atomic mass is 16.6. The molecule has 0 aliphatic heterocycles. The summed E-state index contributed by atoms with van der Waals surface area (Å²) in [5, 5.41) is 2.71. The van der Waals surface area contributed by atoms with Crippen LogP contribution in [0.1, 0.15) is 81.1 Å². The lowest BCUT2D eigenvalue weighted by Gasteiger charge is -2.29. The number of unbranched alkanes of at least 4 members (excludes halogenated alkanes) is 1. The summed E-state index contributed by atoms with van der Waals surface area (Å²) < 4.78 is 23.2. The summed E-state index contributed by atoms with van der Waals surface area (Å²) in [5.41, 5.74) is -0.399. The van der Waals surface area contributed by atoms with E-state index in [2.05, 4.69) is 44.9 Å². The van der Waals surface area contributed by atoms with E-state index in [4.69, 9.17) is 18.9 Å². The first-order valence-electron chi connectivity index (χ1n) is 11.7. The second-order valence-corrected chi connectivity index (χ2v) is 10.2. The number of nitrogens with one attached hydrogen (secondary N) is 1. The van der Waals surface area contributed by atoms with Crippen LogP contribution in [0.5, 0.6) is 5.75 Å². The van der Waals surface area contributed by atoms with Crippen LogP contribution in [-0.4, -0.2) is 42.7 Å². The normalized spacial score (nSPS) is 12.0. The fraction of sp³-hybridized carbons (Fsp3) is 0.667. The van der Waals surface area contributed by atoms with Crippen molar-refractivity contribution in [2.45, 2.75) is 97.9 Å². The van der Waals surface area contributed by atoms with Crippen LogP contribution in [0.4, 0.5) is 10.5 Å². The third-order valence-corrected chi connectivity index (χ3v) is 4.79. The molecule has 0 heterocycles. The molecular weight excluding hydrogens is 418 g/mol. The van der Waals surface area contributed by atoms with Gasteiger partial charge in [0.2, 0.25) is 0 Å². The van der Waals surface area contributed by atoms with Gasteiger partial charge in [-0.1, -0.05) is 0 Å². The van der Waals surface area contributed by atoms with Gasteiger partial charge in [-0.25, -0.2) is 4.79 Å². The Bertz CT molecular complexity index is 766. The minimum absolute atomic E-state index is 0.221. The number of hydrogen-bond donors (Lipinski definition) is 1. The molecule has 0 atom stereocenters. The van der Waals surface area contributed by atoms with Crippen LogP contribution < -0.4 is 10.1 Å². The molecule has 0 saturated carbocycles. The highest BCUT2D eigenvalue weighted by Crippen LogP contribution is 2.22. The van der Waals surface area contributed by atoms with Gasteiger partial charge in [-0.3, -0.25) is 5.32 Å². The summed E-state index contributed by atoms with van der Waals surface area (Å²) in [5.74, 6) is 6.70. The van der Waals surface area contributed by atoms with E-state index >= 15 is 0 Å². The molecule has 6 heteroatoms. The predicted molar refractivity (Wildman–Crippen MR) is 134 cm³/mol. The molecule has 0 bridgehead atoms. The van der Waals surface area contributed by atoms with Crippen LogP contribution in [-0.2, 0) is 14.2 Å². The van der Waals surface area contributed by atoms with E-state index in [1.54, 1.807) is 12.1 Å². The average Bonchev–Trinajstić information content (AvgIpc) is 2.67. The van der Waals surface area contributed by atoms with Crippen LogP contribution in [0, 0.1) is 11.8 Å². The molecule has 186 valence electrons. The number of hydrogen-bond acceptors (Lipinski definition) is 5. The number of rotatable bonds is 13. The van der Waals surface area contributed by atoms with E-state index in [1.807, 2.05) is 39.8 Å². The number of ether oxygens (including phenoxy) is 4. The number of amides is 1. The molecule has 0 aliphatic carbocycles. The van der Waals surface area contributed by atoms with Gasteiger partial charge in [0.05, 0.1) is 24.4 Å². The topological polar surface area (TPSA) is 66.0 Å². The first-order valence-corrected chi connectivity index (χ1v) is 11.7. The van der Waals surface area contributed by atoms with E-state index < -0.39 is 11.7 Å². The minimum Gasteiger partial charge on any atom is -0.493 e. The van der Waals surface area contributed by atoms with Crippen molar-refractivity contribution in [2.24, 2.45) is 0 Å². The van der Waals surface area contributed by atoms with Crippen molar-refractivity contribution >= 4 is 11.8 Å². The molecule has 1 rings (SSSR count). The Hall–Kier alpha value is -2.23. The lowest BCUT2D eigenvalue weighted by molar-refractivity contribution is -0.0770. The third-order valence-electron chi connectivity index (χ3n) is 4.79. The zero-order chi connectivity index (χ0) is 25.0. The van der Waals surface area contributed by atoms with Crippen LogP contribution >= 0.6 is 0 Å². The summed E-state index contributed by atoms with van der Waals surface area (Å²) in [6, 6.07) is 7.23. The SMILES string of the molecule is CC#CCCCOC(C)(C)CCOC(C)(C)CCOc1ccc(NC(=O)OC(C)(C)C)cc1. The maximum absolute atomic E-state index is 11.8. The van der Waals surface area contributed by atoms with Gasteiger partial charge in [0.15, 0.2) is 0 Å². The van der Waals surface area contributed by atoms with Gasteiger partial charge < -0.3 is 18.9 Å². The summed E-state index contributed by atoms with van der Waals surface area (Å²) in [6.07, 6.45) is 2.92. The van der Waals surface area contributed by atoms with Crippen molar-refractivity contribution < 1.29 is 23.7 Å². The van der Waals surface area contributed by atoms with Gasteiger partial charge in [-0.05, 0) is 92.5 Å². The molecule has 0 saturated heterocycles. The summed E-state index contributed by atoms with van der Waals surface area (Å²) in [4.78, 5) is 11.8. The van der Waals surface area contributed by atoms with Gasteiger partial charge in [-0.2, -0.15) is 0 Å². The van der Waals surface area contributed by atoms with Crippen molar-refractivity contribution in [3.8, 4) is 17.6 Å². The highest BCUT2D eigenvalue weighted by molar-refractivity contribution is 5.84. The van der Waals surface area contributed by atoms with Crippen molar-refractivity contribution in [3.05, 3.63) is 24.3 Å². The smallest absolute Gasteiger partial charge is 0.412 e. The van der Waals surface area contributed by atoms with E-state index in [0.717, 1.165) is 31.4 Å². The fourth-order valence-corrected chi connectivity index (χ4v) is 2.82.